The lowest BCUT2D eigenvalue weighted by atomic mass is 10.1. The smallest absolute Gasteiger partial charge is 0.205 e. The summed E-state index contributed by atoms with van der Waals surface area (Å²) >= 11 is 0. The van der Waals surface area contributed by atoms with Gasteiger partial charge in [-0.3, -0.25) is 0 Å². The van der Waals surface area contributed by atoms with Crippen LogP contribution in [0.3, 0.4) is 0 Å². The van der Waals surface area contributed by atoms with Crippen LogP contribution in [0.2, 0.25) is 0 Å². The minimum atomic E-state index is 0.275. The number of nitrogens with zero attached hydrogens (tertiary/aromatic N) is 3. The first-order valence-electron chi connectivity index (χ1n) is 6.24. The van der Waals surface area contributed by atoms with Crippen molar-refractivity contribution in [3.63, 3.8) is 0 Å². The topological polar surface area (TPSA) is 56.3 Å². The van der Waals surface area contributed by atoms with E-state index < -0.39 is 0 Å². The molecule has 96 valence electrons. The molecule has 0 aliphatic carbocycles. The van der Waals surface area contributed by atoms with Gasteiger partial charge < -0.3 is 19.9 Å². The Kier molecular flexibility index (Phi) is 4.02. The number of rotatable bonds is 4. The van der Waals surface area contributed by atoms with Crippen LogP contribution in [0.15, 0.2) is 6.20 Å². The first-order chi connectivity index (χ1) is 8.20. The van der Waals surface area contributed by atoms with Gasteiger partial charge in [0.1, 0.15) is 0 Å². The van der Waals surface area contributed by atoms with Gasteiger partial charge in [0.25, 0.3) is 0 Å². The predicted octanol–water partition coefficient (Wildman–Crippen LogP) is 0.765. The van der Waals surface area contributed by atoms with E-state index in [0.29, 0.717) is 6.61 Å². The summed E-state index contributed by atoms with van der Waals surface area (Å²) in [6, 6.07) is 0.275. The Morgan fingerprint density at radius 3 is 3.12 bits per heavy atom. The molecule has 0 saturated carbocycles. The van der Waals surface area contributed by atoms with E-state index in [0.717, 1.165) is 44.1 Å². The number of imidazole rings is 1. The minimum Gasteiger partial charge on any atom is -0.383 e. The molecule has 1 fully saturated rings. The second-order valence-electron chi connectivity index (χ2n) is 4.72. The summed E-state index contributed by atoms with van der Waals surface area (Å²) in [5, 5.41) is 0. The molecule has 5 heteroatoms. The summed E-state index contributed by atoms with van der Waals surface area (Å²) in [6.07, 6.45) is 4.35. The lowest BCUT2D eigenvalue weighted by molar-refractivity contribution is 0.187. The minimum absolute atomic E-state index is 0.275. The maximum atomic E-state index is 6.02. The zero-order chi connectivity index (χ0) is 12.3. The van der Waals surface area contributed by atoms with Crippen molar-refractivity contribution >= 4 is 5.95 Å². The van der Waals surface area contributed by atoms with Crippen molar-refractivity contribution < 1.29 is 4.74 Å². The molecule has 17 heavy (non-hydrogen) atoms. The van der Waals surface area contributed by atoms with E-state index in [1.165, 1.54) is 0 Å². The lowest BCUT2D eigenvalue weighted by Gasteiger charge is -2.31. The highest BCUT2D eigenvalue weighted by Crippen LogP contribution is 2.19. The molecule has 0 spiro atoms. The lowest BCUT2D eigenvalue weighted by Crippen LogP contribution is -2.44. The van der Waals surface area contributed by atoms with Crippen LogP contribution in [0.25, 0.3) is 0 Å². The molecule has 1 saturated heterocycles. The Labute approximate surface area is 103 Å². The van der Waals surface area contributed by atoms with Crippen LogP contribution < -0.4 is 10.6 Å². The number of hydrogen-bond donors (Lipinski definition) is 1. The Morgan fingerprint density at radius 2 is 2.41 bits per heavy atom. The Morgan fingerprint density at radius 1 is 1.59 bits per heavy atom. The second-order valence-corrected chi connectivity index (χ2v) is 4.72. The molecule has 0 aromatic carbocycles. The normalized spacial score (nSPS) is 20.9. The van der Waals surface area contributed by atoms with Gasteiger partial charge in [-0.05, 0) is 19.8 Å². The number of methoxy groups -OCH3 is 1. The molecule has 0 radical (unpaired) electrons. The number of ether oxygens (including phenoxy) is 1. The first-order valence-corrected chi connectivity index (χ1v) is 6.24. The zero-order valence-corrected chi connectivity index (χ0v) is 10.7. The molecule has 1 aliphatic heterocycles. The van der Waals surface area contributed by atoms with Gasteiger partial charge in [0.2, 0.25) is 5.95 Å². The van der Waals surface area contributed by atoms with Gasteiger partial charge in [-0.25, -0.2) is 4.98 Å². The van der Waals surface area contributed by atoms with Crippen molar-refractivity contribution in [2.24, 2.45) is 5.73 Å². The molecule has 2 heterocycles. The number of aryl methyl sites for hydroxylation is 1. The van der Waals surface area contributed by atoms with Crippen molar-refractivity contribution in [3.8, 4) is 0 Å². The monoisotopic (exact) mass is 238 g/mol. The summed E-state index contributed by atoms with van der Waals surface area (Å²) in [5.41, 5.74) is 7.07. The average Bonchev–Trinajstić information content (AvgIpc) is 2.68. The Balaban J connectivity index is 2.12. The molecule has 5 nitrogen and oxygen atoms in total. The van der Waals surface area contributed by atoms with Gasteiger partial charge >= 0.3 is 0 Å². The molecule has 2 N–H and O–H groups in total. The molecule has 1 aromatic heterocycles. The average molecular weight is 238 g/mol. The first kappa shape index (κ1) is 12.4. The number of aromatic nitrogens is 2. The van der Waals surface area contributed by atoms with Gasteiger partial charge in [-0.2, -0.15) is 0 Å². The zero-order valence-electron chi connectivity index (χ0n) is 10.7. The summed E-state index contributed by atoms with van der Waals surface area (Å²) in [5.74, 6) is 1.04. The molecule has 1 aliphatic rings. The van der Waals surface area contributed by atoms with Crippen molar-refractivity contribution in [1.82, 2.24) is 9.55 Å². The van der Waals surface area contributed by atoms with E-state index in [2.05, 4.69) is 20.6 Å². The standard InChI is InChI=1S/C12H22N4O/c1-10-8-16(6-7-17-2)12(14-10)15-5-3-4-11(13)9-15/h8,11H,3-7,9,13H2,1-2H3/t11-/m1/s1. The quantitative estimate of drug-likeness (QED) is 0.841. The second kappa shape index (κ2) is 5.51. The molecule has 1 aromatic rings. The largest absolute Gasteiger partial charge is 0.383 e. The van der Waals surface area contributed by atoms with Gasteiger partial charge in [0.15, 0.2) is 0 Å². The molecule has 0 bridgehead atoms. The highest BCUT2D eigenvalue weighted by atomic mass is 16.5. The molecule has 2 rings (SSSR count). The van der Waals surface area contributed by atoms with Crippen molar-refractivity contribution in [2.45, 2.75) is 32.4 Å². The SMILES string of the molecule is COCCn1cc(C)nc1N1CCC[C@@H](N)C1. The summed E-state index contributed by atoms with van der Waals surface area (Å²) in [6.45, 7) is 5.54. The molecular formula is C12H22N4O. The van der Waals surface area contributed by atoms with Crippen molar-refractivity contribution in [3.05, 3.63) is 11.9 Å². The number of piperidine rings is 1. The predicted molar refractivity (Wildman–Crippen MR) is 68.3 cm³/mol. The fourth-order valence-electron chi connectivity index (χ4n) is 2.33. The number of anilines is 1. The highest BCUT2D eigenvalue weighted by molar-refractivity contribution is 5.34. The third-order valence-electron chi connectivity index (χ3n) is 3.15. The number of hydrogen-bond acceptors (Lipinski definition) is 4. The molecule has 0 amide bonds. The van der Waals surface area contributed by atoms with E-state index in [1.54, 1.807) is 7.11 Å². The van der Waals surface area contributed by atoms with Crippen LogP contribution in [-0.4, -0.2) is 42.4 Å². The fraction of sp³-hybridized carbons (Fsp3) is 0.750. The summed E-state index contributed by atoms with van der Waals surface area (Å²) in [7, 11) is 1.72. The van der Waals surface area contributed by atoms with Gasteiger partial charge in [-0.1, -0.05) is 0 Å². The van der Waals surface area contributed by atoms with Crippen molar-refractivity contribution in [2.75, 3.05) is 31.7 Å². The van der Waals surface area contributed by atoms with Crippen molar-refractivity contribution in [1.29, 1.82) is 0 Å². The molecular weight excluding hydrogens is 216 g/mol. The van der Waals surface area contributed by atoms with E-state index >= 15 is 0 Å². The van der Waals surface area contributed by atoms with Crippen LogP contribution >= 0.6 is 0 Å². The molecule has 1 atom stereocenters. The van der Waals surface area contributed by atoms with E-state index in [-0.39, 0.29) is 6.04 Å². The van der Waals surface area contributed by atoms with Crippen LogP contribution in [0.1, 0.15) is 18.5 Å². The van der Waals surface area contributed by atoms with Gasteiger partial charge in [0, 0.05) is 39.0 Å². The van der Waals surface area contributed by atoms with E-state index in [4.69, 9.17) is 10.5 Å². The number of nitrogens with two attached hydrogens (primary N) is 1. The third-order valence-corrected chi connectivity index (χ3v) is 3.15. The van der Waals surface area contributed by atoms with Crippen LogP contribution in [0.4, 0.5) is 5.95 Å². The fourth-order valence-corrected chi connectivity index (χ4v) is 2.33. The van der Waals surface area contributed by atoms with E-state index in [9.17, 15) is 0 Å². The summed E-state index contributed by atoms with van der Waals surface area (Å²) < 4.78 is 7.29. The van der Waals surface area contributed by atoms with Crippen LogP contribution in [0, 0.1) is 6.92 Å². The van der Waals surface area contributed by atoms with E-state index in [1.807, 2.05) is 6.92 Å². The van der Waals surface area contributed by atoms with Crippen LogP contribution in [-0.2, 0) is 11.3 Å². The Hall–Kier alpha value is -1.07. The van der Waals surface area contributed by atoms with Gasteiger partial charge in [-0.15, -0.1) is 0 Å². The highest BCUT2D eigenvalue weighted by Gasteiger charge is 2.20. The maximum Gasteiger partial charge on any atom is 0.205 e. The third kappa shape index (κ3) is 2.98. The van der Waals surface area contributed by atoms with Crippen LogP contribution in [0.5, 0.6) is 0 Å². The maximum absolute atomic E-state index is 6.02. The molecule has 0 unspecified atom stereocenters. The van der Waals surface area contributed by atoms with Gasteiger partial charge in [0.05, 0.1) is 12.3 Å². The summed E-state index contributed by atoms with van der Waals surface area (Å²) in [4.78, 5) is 6.89. The Bertz CT molecular complexity index is 363.